The fourth-order valence-corrected chi connectivity index (χ4v) is 1.35. The highest BCUT2D eigenvalue weighted by Gasteiger charge is 2.22. The summed E-state index contributed by atoms with van der Waals surface area (Å²) in [7, 11) is 0. The molecule has 0 aliphatic rings. The number of hydrogen-bond donors (Lipinski definition) is 2. The van der Waals surface area contributed by atoms with Crippen LogP contribution >= 0.6 is 0 Å². The van der Waals surface area contributed by atoms with Gasteiger partial charge in [0.25, 0.3) is 0 Å². The van der Waals surface area contributed by atoms with E-state index in [0.717, 1.165) is 0 Å². The smallest absolute Gasteiger partial charge is 0.0996 e. The van der Waals surface area contributed by atoms with Gasteiger partial charge in [0.15, 0.2) is 0 Å². The summed E-state index contributed by atoms with van der Waals surface area (Å²) in [6.07, 6.45) is 0. The number of anilines is 1. The summed E-state index contributed by atoms with van der Waals surface area (Å²) in [5.74, 6) is 0. The van der Waals surface area contributed by atoms with E-state index >= 15 is 0 Å². The highest BCUT2D eigenvalue weighted by atomic mass is 16.3. The number of nitriles is 1. The molecule has 3 heteroatoms. The molecule has 1 aromatic carbocycles. The molecule has 0 aliphatic heterocycles. The number of nitrogens with two attached hydrogens (primary N) is 1. The SMILES string of the molecule is CC(C)(O)c1c(N)cccc1C#N. The van der Waals surface area contributed by atoms with E-state index in [2.05, 4.69) is 0 Å². The minimum atomic E-state index is -1.07. The molecule has 0 spiro atoms. The van der Waals surface area contributed by atoms with Gasteiger partial charge in [-0.05, 0) is 26.0 Å². The standard InChI is InChI=1S/C10H12N2O/c1-10(2,13)9-7(6-11)4-3-5-8(9)12/h3-5,13H,12H2,1-2H3. The molecule has 3 N–H and O–H groups in total. The lowest BCUT2D eigenvalue weighted by Gasteiger charge is -2.20. The van der Waals surface area contributed by atoms with Crippen molar-refractivity contribution in [2.45, 2.75) is 19.4 Å². The number of rotatable bonds is 1. The zero-order chi connectivity index (χ0) is 10.1. The number of benzene rings is 1. The van der Waals surface area contributed by atoms with Crippen LogP contribution < -0.4 is 5.73 Å². The van der Waals surface area contributed by atoms with E-state index in [1.165, 1.54) is 0 Å². The van der Waals surface area contributed by atoms with Crippen molar-refractivity contribution in [2.24, 2.45) is 0 Å². The van der Waals surface area contributed by atoms with Crippen LogP contribution in [0.2, 0.25) is 0 Å². The summed E-state index contributed by atoms with van der Waals surface area (Å²) in [5, 5.41) is 18.5. The molecule has 0 aliphatic carbocycles. The van der Waals surface area contributed by atoms with Gasteiger partial charge < -0.3 is 10.8 Å². The Morgan fingerprint density at radius 1 is 1.46 bits per heavy atom. The number of aliphatic hydroxyl groups is 1. The summed E-state index contributed by atoms with van der Waals surface area (Å²) in [6, 6.07) is 7.02. The third-order valence-electron chi connectivity index (χ3n) is 1.83. The minimum Gasteiger partial charge on any atom is -0.398 e. The van der Waals surface area contributed by atoms with E-state index in [0.29, 0.717) is 16.8 Å². The molecule has 0 bridgehead atoms. The third-order valence-corrected chi connectivity index (χ3v) is 1.83. The van der Waals surface area contributed by atoms with Crippen LogP contribution in [0.4, 0.5) is 5.69 Å². The van der Waals surface area contributed by atoms with E-state index in [9.17, 15) is 5.11 Å². The van der Waals surface area contributed by atoms with Crippen molar-refractivity contribution < 1.29 is 5.11 Å². The van der Waals surface area contributed by atoms with Crippen LogP contribution in [0.25, 0.3) is 0 Å². The quantitative estimate of drug-likeness (QED) is 0.635. The first kappa shape index (κ1) is 9.56. The average molecular weight is 176 g/mol. The van der Waals surface area contributed by atoms with Gasteiger partial charge in [-0.3, -0.25) is 0 Å². The Balaban J connectivity index is 3.43. The fourth-order valence-electron chi connectivity index (χ4n) is 1.35. The van der Waals surface area contributed by atoms with E-state index < -0.39 is 5.60 Å². The van der Waals surface area contributed by atoms with Crippen LogP contribution in [0.15, 0.2) is 18.2 Å². The second kappa shape index (κ2) is 3.08. The molecule has 0 atom stereocenters. The summed E-state index contributed by atoms with van der Waals surface area (Å²) in [4.78, 5) is 0. The Bertz CT molecular complexity index is 358. The zero-order valence-corrected chi connectivity index (χ0v) is 7.70. The van der Waals surface area contributed by atoms with Gasteiger partial charge in [0.2, 0.25) is 0 Å². The maximum Gasteiger partial charge on any atom is 0.0996 e. The third kappa shape index (κ3) is 1.79. The lowest BCUT2D eigenvalue weighted by Crippen LogP contribution is -2.19. The molecular formula is C10H12N2O. The number of hydrogen-bond acceptors (Lipinski definition) is 3. The number of nitrogen functional groups attached to an aromatic ring is 1. The predicted molar refractivity (Wildman–Crippen MR) is 50.8 cm³/mol. The van der Waals surface area contributed by atoms with Crippen LogP contribution in [-0.2, 0) is 5.60 Å². The predicted octanol–water partition coefficient (Wildman–Crippen LogP) is 1.37. The minimum absolute atomic E-state index is 0.424. The van der Waals surface area contributed by atoms with Crippen molar-refractivity contribution in [2.75, 3.05) is 5.73 Å². The van der Waals surface area contributed by atoms with Gasteiger partial charge >= 0.3 is 0 Å². The van der Waals surface area contributed by atoms with Crippen LogP contribution in [-0.4, -0.2) is 5.11 Å². The molecule has 0 fully saturated rings. The van der Waals surface area contributed by atoms with Gasteiger partial charge in [0.05, 0.1) is 17.2 Å². The van der Waals surface area contributed by atoms with Crippen molar-refractivity contribution >= 4 is 5.69 Å². The summed E-state index contributed by atoms with van der Waals surface area (Å²) < 4.78 is 0. The number of nitrogens with zero attached hydrogens (tertiary/aromatic N) is 1. The fraction of sp³-hybridized carbons (Fsp3) is 0.300. The largest absolute Gasteiger partial charge is 0.398 e. The van der Waals surface area contributed by atoms with Gasteiger partial charge in [0.1, 0.15) is 0 Å². The topological polar surface area (TPSA) is 70.0 Å². The van der Waals surface area contributed by atoms with Gasteiger partial charge in [-0.25, -0.2) is 0 Å². The molecule has 1 rings (SSSR count). The molecule has 0 heterocycles. The lowest BCUT2D eigenvalue weighted by molar-refractivity contribution is 0.0791. The molecular weight excluding hydrogens is 164 g/mol. The first-order valence-electron chi connectivity index (χ1n) is 3.98. The average Bonchev–Trinajstić information content (AvgIpc) is 2.01. The zero-order valence-electron chi connectivity index (χ0n) is 7.70. The normalized spacial score (nSPS) is 10.9. The molecule has 13 heavy (non-hydrogen) atoms. The van der Waals surface area contributed by atoms with Crippen molar-refractivity contribution in [3.8, 4) is 6.07 Å². The Morgan fingerprint density at radius 2 is 2.08 bits per heavy atom. The Kier molecular flexibility index (Phi) is 2.26. The van der Waals surface area contributed by atoms with Crippen LogP contribution in [0.5, 0.6) is 0 Å². The van der Waals surface area contributed by atoms with Crippen molar-refractivity contribution in [3.05, 3.63) is 29.3 Å². The van der Waals surface area contributed by atoms with Gasteiger partial charge in [-0.15, -0.1) is 0 Å². The van der Waals surface area contributed by atoms with Crippen LogP contribution in [0.1, 0.15) is 25.0 Å². The molecule has 0 radical (unpaired) electrons. The summed E-state index contributed by atoms with van der Waals surface area (Å²) >= 11 is 0. The summed E-state index contributed by atoms with van der Waals surface area (Å²) in [6.45, 7) is 3.22. The maximum atomic E-state index is 9.75. The van der Waals surface area contributed by atoms with Crippen molar-refractivity contribution in [1.29, 1.82) is 5.26 Å². The van der Waals surface area contributed by atoms with Crippen molar-refractivity contribution in [1.82, 2.24) is 0 Å². The lowest BCUT2D eigenvalue weighted by atomic mass is 9.92. The Labute approximate surface area is 77.4 Å². The molecule has 68 valence electrons. The second-order valence-electron chi connectivity index (χ2n) is 3.44. The molecule has 3 nitrogen and oxygen atoms in total. The first-order chi connectivity index (χ1) is 5.96. The van der Waals surface area contributed by atoms with Crippen LogP contribution in [0, 0.1) is 11.3 Å². The van der Waals surface area contributed by atoms with Crippen LogP contribution in [0.3, 0.4) is 0 Å². The molecule has 0 unspecified atom stereocenters. The van der Waals surface area contributed by atoms with Crippen molar-refractivity contribution in [3.63, 3.8) is 0 Å². The van der Waals surface area contributed by atoms with Gasteiger partial charge in [-0.2, -0.15) is 5.26 Å². The molecule has 1 aromatic rings. The molecule has 0 amide bonds. The van der Waals surface area contributed by atoms with E-state index in [1.54, 1.807) is 32.0 Å². The van der Waals surface area contributed by atoms with Gasteiger partial charge in [0, 0.05) is 11.3 Å². The second-order valence-corrected chi connectivity index (χ2v) is 3.44. The van der Waals surface area contributed by atoms with E-state index in [4.69, 9.17) is 11.0 Å². The molecule has 0 aromatic heterocycles. The Morgan fingerprint density at radius 3 is 2.46 bits per heavy atom. The van der Waals surface area contributed by atoms with Gasteiger partial charge in [-0.1, -0.05) is 6.07 Å². The highest BCUT2D eigenvalue weighted by molar-refractivity contribution is 5.57. The Hall–Kier alpha value is -1.53. The molecule has 0 saturated heterocycles. The van der Waals surface area contributed by atoms with E-state index in [-0.39, 0.29) is 0 Å². The monoisotopic (exact) mass is 176 g/mol. The van der Waals surface area contributed by atoms with E-state index in [1.807, 2.05) is 6.07 Å². The maximum absolute atomic E-state index is 9.75. The first-order valence-corrected chi connectivity index (χ1v) is 3.98. The molecule has 0 saturated carbocycles. The highest BCUT2D eigenvalue weighted by Crippen LogP contribution is 2.28. The summed E-state index contributed by atoms with van der Waals surface area (Å²) in [5.41, 5.74) is 5.97.